The summed E-state index contributed by atoms with van der Waals surface area (Å²) in [5.41, 5.74) is -0.382. The van der Waals surface area contributed by atoms with Crippen LogP contribution in [0.25, 0.3) is 0 Å². The van der Waals surface area contributed by atoms with E-state index in [1.54, 1.807) is 0 Å². The van der Waals surface area contributed by atoms with Gasteiger partial charge in [-0.1, -0.05) is 6.92 Å². The minimum Gasteiger partial charge on any atom is -0.481 e. The second-order valence-electron chi connectivity index (χ2n) is 7.13. The van der Waals surface area contributed by atoms with Crippen LogP contribution in [0, 0.1) is 5.41 Å². The van der Waals surface area contributed by atoms with E-state index in [1.165, 1.54) is 0 Å². The molecule has 0 spiro atoms. The highest BCUT2D eigenvalue weighted by molar-refractivity contribution is 5.77. The van der Waals surface area contributed by atoms with E-state index >= 15 is 0 Å². The number of carbonyl (C=O) groups excluding carboxylic acids is 1. The van der Waals surface area contributed by atoms with E-state index in [9.17, 15) is 9.59 Å². The van der Waals surface area contributed by atoms with Crippen LogP contribution in [0.1, 0.15) is 45.4 Å². The highest BCUT2D eigenvalue weighted by Crippen LogP contribution is 2.35. The first-order chi connectivity index (χ1) is 9.83. The van der Waals surface area contributed by atoms with Crippen LogP contribution in [0.5, 0.6) is 0 Å². The third-order valence-corrected chi connectivity index (χ3v) is 5.05. The van der Waals surface area contributed by atoms with Gasteiger partial charge in [0.05, 0.1) is 12.0 Å². The van der Waals surface area contributed by atoms with Crippen LogP contribution in [0.15, 0.2) is 0 Å². The SMILES string of the molecule is CN1CCC(C)(CNC(=O)NC2(CC(=O)O)CCC2)CC1. The standard InChI is InChI=1S/C15H27N3O3/c1-14(6-8-18(2)9-7-14)11-16-13(21)17-15(4-3-5-15)10-12(19)20/h3-11H2,1-2H3,(H,19,20)(H2,16,17,21). The molecule has 0 radical (unpaired) electrons. The first-order valence-corrected chi connectivity index (χ1v) is 7.79. The van der Waals surface area contributed by atoms with E-state index in [0.717, 1.165) is 45.2 Å². The predicted octanol–water partition coefficient (Wildman–Crippen LogP) is 1.41. The molecular formula is C15H27N3O3. The zero-order chi connectivity index (χ0) is 15.5. The smallest absolute Gasteiger partial charge is 0.315 e. The zero-order valence-corrected chi connectivity index (χ0v) is 13.1. The van der Waals surface area contributed by atoms with Gasteiger partial charge < -0.3 is 20.6 Å². The van der Waals surface area contributed by atoms with Crippen molar-refractivity contribution in [1.82, 2.24) is 15.5 Å². The number of nitrogens with one attached hydrogen (secondary N) is 2. The predicted molar refractivity (Wildman–Crippen MR) is 80.2 cm³/mol. The van der Waals surface area contributed by atoms with Gasteiger partial charge in [0.15, 0.2) is 0 Å². The normalized spacial score (nSPS) is 23.9. The quantitative estimate of drug-likeness (QED) is 0.717. The maximum Gasteiger partial charge on any atom is 0.315 e. The summed E-state index contributed by atoms with van der Waals surface area (Å²) in [6.07, 6.45) is 4.66. The van der Waals surface area contributed by atoms with Crippen molar-refractivity contribution in [3.8, 4) is 0 Å². The molecule has 6 nitrogen and oxygen atoms in total. The van der Waals surface area contributed by atoms with Crippen molar-refractivity contribution in [2.24, 2.45) is 5.41 Å². The lowest BCUT2D eigenvalue weighted by atomic mass is 9.74. The monoisotopic (exact) mass is 297 g/mol. The van der Waals surface area contributed by atoms with Gasteiger partial charge in [0, 0.05) is 6.54 Å². The van der Waals surface area contributed by atoms with Crippen molar-refractivity contribution in [3.63, 3.8) is 0 Å². The van der Waals surface area contributed by atoms with Gasteiger partial charge in [-0.2, -0.15) is 0 Å². The Labute approximate surface area is 126 Å². The summed E-state index contributed by atoms with van der Waals surface area (Å²) in [5.74, 6) is -0.850. The van der Waals surface area contributed by atoms with Crippen molar-refractivity contribution in [2.45, 2.75) is 51.0 Å². The Kier molecular flexibility index (Phi) is 4.76. The molecule has 0 aromatic rings. The topological polar surface area (TPSA) is 81.7 Å². The average molecular weight is 297 g/mol. The van der Waals surface area contributed by atoms with Gasteiger partial charge in [0.25, 0.3) is 0 Å². The molecule has 0 unspecified atom stereocenters. The van der Waals surface area contributed by atoms with Crippen LogP contribution in [-0.4, -0.2) is 54.2 Å². The molecule has 120 valence electrons. The lowest BCUT2D eigenvalue weighted by Gasteiger charge is -2.42. The Hall–Kier alpha value is -1.30. The summed E-state index contributed by atoms with van der Waals surface area (Å²) >= 11 is 0. The zero-order valence-electron chi connectivity index (χ0n) is 13.1. The molecule has 1 saturated carbocycles. The molecule has 2 rings (SSSR count). The van der Waals surface area contributed by atoms with Crippen LogP contribution in [0.4, 0.5) is 4.79 Å². The fraction of sp³-hybridized carbons (Fsp3) is 0.867. The van der Waals surface area contributed by atoms with Gasteiger partial charge in [0.1, 0.15) is 0 Å². The van der Waals surface area contributed by atoms with Crippen molar-refractivity contribution in [2.75, 3.05) is 26.7 Å². The molecule has 0 atom stereocenters. The molecule has 2 fully saturated rings. The van der Waals surface area contributed by atoms with E-state index in [4.69, 9.17) is 5.11 Å². The number of carboxylic acid groups (broad SMARTS) is 1. The third kappa shape index (κ3) is 4.33. The molecule has 2 aliphatic rings. The van der Waals surface area contributed by atoms with Crippen molar-refractivity contribution >= 4 is 12.0 Å². The summed E-state index contributed by atoms with van der Waals surface area (Å²) in [6.45, 7) is 4.97. The first-order valence-electron chi connectivity index (χ1n) is 7.79. The molecule has 2 amide bonds. The van der Waals surface area contributed by atoms with Crippen molar-refractivity contribution in [3.05, 3.63) is 0 Å². The van der Waals surface area contributed by atoms with Crippen LogP contribution in [0.3, 0.4) is 0 Å². The number of carboxylic acids is 1. The molecule has 1 heterocycles. The highest BCUT2D eigenvalue weighted by atomic mass is 16.4. The van der Waals surface area contributed by atoms with E-state index in [0.29, 0.717) is 6.54 Å². The van der Waals surface area contributed by atoms with Crippen LogP contribution in [-0.2, 0) is 4.79 Å². The van der Waals surface area contributed by atoms with Gasteiger partial charge in [-0.25, -0.2) is 4.79 Å². The van der Waals surface area contributed by atoms with E-state index in [2.05, 4.69) is 29.5 Å². The summed E-state index contributed by atoms with van der Waals surface area (Å²) < 4.78 is 0. The molecule has 1 aliphatic heterocycles. The van der Waals surface area contributed by atoms with Crippen molar-refractivity contribution in [1.29, 1.82) is 0 Å². The number of carbonyl (C=O) groups is 2. The lowest BCUT2D eigenvalue weighted by Crippen LogP contribution is -2.58. The number of aliphatic carboxylic acids is 1. The number of likely N-dealkylation sites (tertiary alicyclic amines) is 1. The summed E-state index contributed by atoms with van der Waals surface area (Å²) in [5, 5.41) is 14.8. The van der Waals surface area contributed by atoms with Gasteiger partial charge in [0.2, 0.25) is 0 Å². The number of urea groups is 1. The molecule has 21 heavy (non-hydrogen) atoms. The number of rotatable bonds is 5. The van der Waals surface area contributed by atoms with Crippen molar-refractivity contribution < 1.29 is 14.7 Å². The Morgan fingerprint density at radius 2 is 1.81 bits per heavy atom. The van der Waals surface area contributed by atoms with Crippen LogP contribution < -0.4 is 10.6 Å². The Morgan fingerprint density at radius 3 is 2.29 bits per heavy atom. The van der Waals surface area contributed by atoms with E-state index in [-0.39, 0.29) is 17.9 Å². The second-order valence-corrected chi connectivity index (χ2v) is 7.13. The fourth-order valence-electron chi connectivity index (χ4n) is 3.15. The van der Waals surface area contributed by atoms with Gasteiger partial charge >= 0.3 is 12.0 Å². The third-order valence-electron chi connectivity index (χ3n) is 5.05. The Morgan fingerprint density at radius 1 is 1.19 bits per heavy atom. The number of nitrogens with zero attached hydrogens (tertiary/aromatic N) is 1. The molecule has 0 bridgehead atoms. The number of amides is 2. The number of piperidine rings is 1. The molecule has 0 aromatic carbocycles. The maximum absolute atomic E-state index is 12.1. The van der Waals surface area contributed by atoms with Crippen LogP contribution >= 0.6 is 0 Å². The fourth-order valence-corrected chi connectivity index (χ4v) is 3.15. The Bertz CT molecular complexity index is 399. The summed E-state index contributed by atoms with van der Waals surface area (Å²) in [7, 11) is 2.12. The van der Waals surface area contributed by atoms with Gasteiger partial charge in [-0.05, 0) is 57.7 Å². The Balaban J connectivity index is 1.78. The molecule has 1 saturated heterocycles. The maximum atomic E-state index is 12.1. The van der Waals surface area contributed by atoms with E-state index in [1.807, 2.05) is 0 Å². The molecule has 3 N–H and O–H groups in total. The minimum absolute atomic E-state index is 0.0164. The van der Waals surface area contributed by atoms with Gasteiger partial charge in [-0.15, -0.1) is 0 Å². The van der Waals surface area contributed by atoms with Crippen LogP contribution in [0.2, 0.25) is 0 Å². The second kappa shape index (κ2) is 6.22. The summed E-state index contributed by atoms with van der Waals surface area (Å²) in [6, 6.07) is -0.226. The molecule has 6 heteroatoms. The van der Waals surface area contributed by atoms with E-state index < -0.39 is 11.5 Å². The lowest BCUT2D eigenvalue weighted by molar-refractivity contribution is -0.139. The first kappa shape index (κ1) is 16.1. The molecular weight excluding hydrogens is 270 g/mol. The minimum atomic E-state index is -0.850. The van der Waals surface area contributed by atoms with Gasteiger partial charge in [-0.3, -0.25) is 4.79 Å². The average Bonchev–Trinajstić information content (AvgIpc) is 2.37. The summed E-state index contributed by atoms with van der Waals surface area (Å²) in [4.78, 5) is 25.3. The molecule has 1 aliphatic carbocycles. The highest BCUT2D eigenvalue weighted by Gasteiger charge is 2.40. The number of hydrogen-bond donors (Lipinski definition) is 3. The molecule has 0 aromatic heterocycles. The largest absolute Gasteiger partial charge is 0.481 e. The number of hydrogen-bond acceptors (Lipinski definition) is 3.